The van der Waals surface area contributed by atoms with Crippen molar-refractivity contribution in [3.05, 3.63) is 18.2 Å². The molecule has 5 heteroatoms. The zero-order chi connectivity index (χ0) is 14.5. The smallest absolute Gasteiger partial charge is 0.319 e. The summed E-state index contributed by atoms with van der Waals surface area (Å²) >= 11 is 0. The maximum Gasteiger partial charge on any atom is 0.319 e. The maximum atomic E-state index is 12.3. The third-order valence-electron chi connectivity index (χ3n) is 3.07. The van der Waals surface area contributed by atoms with Gasteiger partial charge in [-0.3, -0.25) is 9.59 Å². The van der Waals surface area contributed by atoms with E-state index < -0.39 is 11.4 Å². The van der Waals surface area contributed by atoms with E-state index in [1.165, 1.54) is 0 Å². The van der Waals surface area contributed by atoms with Crippen LogP contribution in [0.25, 0.3) is 0 Å². The van der Waals surface area contributed by atoms with E-state index in [9.17, 15) is 9.59 Å². The SMILES string of the molecule is CCCc1nccn1CC(=O)C(C)(C)C(=O)OCC. The Kier molecular flexibility index (Phi) is 5.27. The molecule has 0 aliphatic carbocycles. The molecule has 0 unspecified atom stereocenters. The minimum atomic E-state index is -1.12. The lowest BCUT2D eigenvalue weighted by molar-refractivity contribution is -0.158. The van der Waals surface area contributed by atoms with Gasteiger partial charge in [-0.05, 0) is 27.2 Å². The van der Waals surface area contributed by atoms with Gasteiger partial charge in [0.05, 0.1) is 13.2 Å². The van der Waals surface area contributed by atoms with Crippen molar-refractivity contribution in [3.8, 4) is 0 Å². The Morgan fingerprint density at radius 3 is 2.63 bits per heavy atom. The molecule has 5 nitrogen and oxygen atoms in total. The molecule has 1 aromatic heterocycles. The highest BCUT2D eigenvalue weighted by atomic mass is 16.5. The molecule has 19 heavy (non-hydrogen) atoms. The van der Waals surface area contributed by atoms with Crippen molar-refractivity contribution < 1.29 is 14.3 Å². The van der Waals surface area contributed by atoms with Gasteiger partial charge in [0.2, 0.25) is 0 Å². The number of imidazole rings is 1. The van der Waals surface area contributed by atoms with E-state index in [1.54, 1.807) is 37.7 Å². The first kappa shape index (κ1) is 15.4. The number of ketones is 1. The van der Waals surface area contributed by atoms with Crippen LogP contribution in [0.5, 0.6) is 0 Å². The van der Waals surface area contributed by atoms with E-state index in [2.05, 4.69) is 11.9 Å². The predicted octanol–water partition coefficient (Wildman–Crippen LogP) is 1.99. The summed E-state index contributed by atoms with van der Waals surface area (Å²) in [6, 6.07) is 0. The lowest BCUT2D eigenvalue weighted by Gasteiger charge is -2.21. The third-order valence-corrected chi connectivity index (χ3v) is 3.07. The molecule has 0 spiro atoms. The number of ether oxygens (including phenoxy) is 1. The number of hydrogen-bond donors (Lipinski definition) is 0. The highest BCUT2D eigenvalue weighted by molar-refractivity contribution is 6.02. The van der Waals surface area contributed by atoms with Gasteiger partial charge in [-0.1, -0.05) is 6.92 Å². The molecule has 1 aromatic rings. The molecule has 0 N–H and O–H groups in total. The molecule has 0 atom stereocenters. The molecule has 0 saturated heterocycles. The van der Waals surface area contributed by atoms with Gasteiger partial charge in [-0.15, -0.1) is 0 Å². The van der Waals surface area contributed by atoms with E-state index in [1.807, 2.05) is 0 Å². The monoisotopic (exact) mass is 266 g/mol. The third kappa shape index (κ3) is 3.66. The Bertz CT molecular complexity index is 449. The quantitative estimate of drug-likeness (QED) is 0.559. The molecule has 0 radical (unpaired) electrons. The summed E-state index contributed by atoms with van der Waals surface area (Å²) in [7, 11) is 0. The number of Topliss-reactive ketones (excluding diaryl/α,β-unsaturated/α-hetero) is 1. The number of nitrogens with zero attached hydrogens (tertiary/aromatic N) is 2. The van der Waals surface area contributed by atoms with Crippen LogP contribution >= 0.6 is 0 Å². The fourth-order valence-electron chi connectivity index (χ4n) is 1.71. The Labute approximate surface area is 114 Å². The molecule has 1 heterocycles. The van der Waals surface area contributed by atoms with E-state index in [4.69, 9.17) is 4.74 Å². The van der Waals surface area contributed by atoms with Gasteiger partial charge in [0.25, 0.3) is 0 Å². The molecule has 0 fully saturated rings. The maximum absolute atomic E-state index is 12.3. The van der Waals surface area contributed by atoms with Crippen LogP contribution < -0.4 is 0 Å². The van der Waals surface area contributed by atoms with Gasteiger partial charge in [-0.2, -0.15) is 0 Å². The minimum Gasteiger partial charge on any atom is -0.465 e. The van der Waals surface area contributed by atoms with Crippen molar-refractivity contribution in [1.29, 1.82) is 0 Å². The minimum absolute atomic E-state index is 0.154. The Morgan fingerprint density at radius 2 is 2.05 bits per heavy atom. The molecule has 1 rings (SSSR count). The lowest BCUT2D eigenvalue weighted by atomic mass is 9.88. The lowest BCUT2D eigenvalue weighted by Crippen LogP contribution is -2.37. The molecular weight excluding hydrogens is 244 g/mol. The molecule has 106 valence electrons. The van der Waals surface area contributed by atoms with Crippen LogP contribution in [0.4, 0.5) is 0 Å². The zero-order valence-electron chi connectivity index (χ0n) is 12.1. The summed E-state index contributed by atoms with van der Waals surface area (Å²) < 4.78 is 6.74. The number of esters is 1. The van der Waals surface area contributed by atoms with Crippen LogP contribution in [-0.4, -0.2) is 27.9 Å². The van der Waals surface area contributed by atoms with E-state index in [0.717, 1.165) is 18.7 Å². The average molecular weight is 266 g/mol. The highest BCUT2D eigenvalue weighted by Crippen LogP contribution is 2.20. The summed E-state index contributed by atoms with van der Waals surface area (Å²) in [5, 5.41) is 0. The number of rotatable bonds is 7. The second kappa shape index (κ2) is 6.50. The number of aryl methyl sites for hydroxylation is 1. The van der Waals surface area contributed by atoms with E-state index in [-0.39, 0.29) is 18.9 Å². The first-order valence-electron chi connectivity index (χ1n) is 6.64. The van der Waals surface area contributed by atoms with Crippen LogP contribution in [0.15, 0.2) is 12.4 Å². The van der Waals surface area contributed by atoms with Crippen LogP contribution in [0, 0.1) is 5.41 Å². The van der Waals surface area contributed by atoms with Gasteiger partial charge in [0.1, 0.15) is 11.2 Å². The summed E-state index contributed by atoms with van der Waals surface area (Å²) in [4.78, 5) is 28.2. The number of carbonyl (C=O) groups excluding carboxylic acids is 2. The molecule has 0 aromatic carbocycles. The number of aromatic nitrogens is 2. The van der Waals surface area contributed by atoms with E-state index >= 15 is 0 Å². The fraction of sp³-hybridized carbons (Fsp3) is 0.643. The van der Waals surface area contributed by atoms with Crippen molar-refractivity contribution in [3.63, 3.8) is 0 Å². The standard InChI is InChI=1S/C14H22N2O3/c1-5-7-12-15-8-9-16(12)10-11(17)14(3,4)13(18)19-6-2/h8-9H,5-7,10H2,1-4H3. The van der Waals surface area contributed by atoms with Gasteiger partial charge >= 0.3 is 5.97 Å². The first-order valence-corrected chi connectivity index (χ1v) is 6.64. The molecule has 0 aliphatic rings. The predicted molar refractivity (Wildman–Crippen MR) is 71.6 cm³/mol. The summed E-state index contributed by atoms with van der Waals surface area (Å²) in [5.74, 6) is 0.231. The average Bonchev–Trinajstić information content (AvgIpc) is 2.77. The van der Waals surface area contributed by atoms with E-state index in [0.29, 0.717) is 0 Å². The van der Waals surface area contributed by atoms with Crippen molar-refractivity contribution in [1.82, 2.24) is 9.55 Å². The number of carbonyl (C=O) groups is 2. The second-order valence-corrected chi connectivity index (χ2v) is 4.99. The normalized spacial score (nSPS) is 11.4. The molecule has 0 aliphatic heterocycles. The molecule has 0 saturated carbocycles. The summed E-state index contributed by atoms with van der Waals surface area (Å²) in [6.07, 6.45) is 5.23. The van der Waals surface area contributed by atoms with Crippen molar-refractivity contribution in [2.75, 3.05) is 6.61 Å². The Balaban J connectivity index is 2.78. The summed E-state index contributed by atoms with van der Waals surface area (Å²) in [6.45, 7) is 7.42. The van der Waals surface area contributed by atoms with Crippen LogP contribution in [0.2, 0.25) is 0 Å². The van der Waals surface area contributed by atoms with Gasteiger partial charge in [0.15, 0.2) is 5.78 Å². The summed E-state index contributed by atoms with van der Waals surface area (Å²) in [5.41, 5.74) is -1.12. The molecule has 0 amide bonds. The van der Waals surface area contributed by atoms with Crippen molar-refractivity contribution >= 4 is 11.8 Å². The van der Waals surface area contributed by atoms with Gasteiger partial charge in [-0.25, -0.2) is 4.98 Å². The zero-order valence-corrected chi connectivity index (χ0v) is 12.1. The van der Waals surface area contributed by atoms with Gasteiger partial charge < -0.3 is 9.30 Å². The fourth-order valence-corrected chi connectivity index (χ4v) is 1.71. The van der Waals surface area contributed by atoms with Crippen LogP contribution in [0.1, 0.15) is 39.9 Å². The topological polar surface area (TPSA) is 61.2 Å². The van der Waals surface area contributed by atoms with Crippen LogP contribution in [0.3, 0.4) is 0 Å². The largest absolute Gasteiger partial charge is 0.465 e. The van der Waals surface area contributed by atoms with Crippen molar-refractivity contribution in [2.24, 2.45) is 5.41 Å². The van der Waals surface area contributed by atoms with Crippen molar-refractivity contribution in [2.45, 2.75) is 47.1 Å². The molecular formula is C14H22N2O3. The Hall–Kier alpha value is -1.65. The highest BCUT2D eigenvalue weighted by Gasteiger charge is 2.37. The molecule has 0 bridgehead atoms. The number of hydrogen-bond acceptors (Lipinski definition) is 4. The second-order valence-electron chi connectivity index (χ2n) is 4.99. The van der Waals surface area contributed by atoms with Gasteiger partial charge in [0, 0.05) is 18.8 Å². The first-order chi connectivity index (χ1) is 8.93. The van der Waals surface area contributed by atoms with Crippen LogP contribution in [-0.2, 0) is 27.3 Å². The Morgan fingerprint density at radius 1 is 1.37 bits per heavy atom.